The van der Waals surface area contributed by atoms with Gasteiger partial charge in [0, 0.05) is 12.6 Å². The van der Waals surface area contributed by atoms with Crippen molar-refractivity contribution in [2.24, 2.45) is 0 Å². The Labute approximate surface area is 104 Å². The summed E-state index contributed by atoms with van der Waals surface area (Å²) in [6.45, 7) is 4.84. The van der Waals surface area contributed by atoms with E-state index in [9.17, 15) is 0 Å². The van der Waals surface area contributed by atoms with Gasteiger partial charge in [0.1, 0.15) is 0 Å². The van der Waals surface area contributed by atoms with Gasteiger partial charge in [-0.1, -0.05) is 31.2 Å². The summed E-state index contributed by atoms with van der Waals surface area (Å²) in [5.41, 5.74) is 2.69. The SMILES string of the molecule is CCCOCc1ccc(CCNC2CC2)cc1. The van der Waals surface area contributed by atoms with Crippen LogP contribution in [0.25, 0.3) is 0 Å². The Morgan fingerprint density at radius 1 is 1.18 bits per heavy atom. The fourth-order valence-corrected chi connectivity index (χ4v) is 1.84. The molecule has 0 aliphatic heterocycles. The third kappa shape index (κ3) is 4.88. The molecule has 0 saturated heterocycles. The van der Waals surface area contributed by atoms with E-state index in [2.05, 4.69) is 36.5 Å². The molecule has 0 aromatic heterocycles. The fraction of sp³-hybridized carbons (Fsp3) is 0.600. The highest BCUT2D eigenvalue weighted by Gasteiger charge is 2.19. The average molecular weight is 233 g/mol. The molecule has 0 atom stereocenters. The Hall–Kier alpha value is -0.860. The first-order valence-corrected chi connectivity index (χ1v) is 6.77. The lowest BCUT2D eigenvalue weighted by Gasteiger charge is -2.06. The Bertz CT molecular complexity index is 316. The summed E-state index contributed by atoms with van der Waals surface area (Å²) >= 11 is 0. The third-order valence-corrected chi connectivity index (χ3v) is 3.06. The van der Waals surface area contributed by atoms with E-state index in [0.29, 0.717) is 0 Å². The van der Waals surface area contributed by atoms with Crippen LogP contribution in [0.3, 0.4) is 0 Å². The lowest BCUT2D eigenvalue weighted by Crippen LogP contribution is -2.19. The van der Waals surface area contributed by atoms with Gasteiger partial charge in [0.05, 0.1) is 6.61 Å². The highest BCUT2D eigenvalue weighted by molar-refractivity contribution is 5.22. The van der Waals surface area contributed by atoms with Crippen LogP contribution in [0, 0.1) is 0 Å². The van der Waals surface area contributed by atoms with E-state index < -0.39 is 0 Å². The van der Waals surface area contributed by atoms with Crippen molar-refractivity contribution >= 4 is 0 Å². The van der Waals surface area contributed by atoms with Gasteiger partial charge < -0.3 is 10.1 Å². The summed E-state index contributed by atoms with van der Waals surface area (Å²) in [6.07, 6.45) is 4.96. The largest absolute Gasteiger partial charge is 0.377 e. The summed E-state index contributed by atoms with van der Waals surface area (Å²) in [6, 6.07) is 9.62. The molecule has 0 heterocycles. The van der Waals surface area contributed by atoms with Gasteiger partial charge >= 0.3 is 0 Å². The van der Waals surface area contributed by atoms with Crippen LogP contribution in [-0.4, -0.2) is 19.2 Å². The molecule has 1 fully saturated rings. The summed E-state index contributed by atoms with van der Waals surface area (Å²) in [5, 5.41) is 3.54. The van der Waals surface area contributed by atoms with Gasteiger partial charge in [0.25, 0.3) is 0 Å². The fourth-order valence-electron chi connectivity index (χ4n) is 1.84. The van der Waals surface area contributed by atoms with Gasteiger partial charge in [0.2, 0.25) is 0 Å². The number of ether oxygens (including phenoxy) is 1. The summed E-state index contributed by atoms with van der Waals surface area (Å²) in [4.78, 5) is 0. The van der Waals surface area contributed by atoms with Crippen molar-refractivity contribution in [3.05, 3.63) is 35.4 Å². The molecule has 1 N–H and O–H groups in total. The number of benzene rings is 1. The maximum absolute atomic E-state index is 5.52. The minimum Gasteiger partial charge on any atom is -0.377 e. The Kier molecular flexibility index (Phi) is 5.02. The highest BCUT2D eigenvalue weighted by atomic mass is 16.5. The summed E-state index contributed by atoms with van der Waals surface area (Å²) in [5.74, 6) is 0. The van der Waals surface area contributed by atoms with Crippen LogP contribution in [0.2, 0.25) is 0 Å². The van der Waals surface area contributed by atoms with Crippen LogP contribution in [0.5, 0.6) is 0 Å². The van der Waals surface area contributed by atoms with Crippen molar-refractivity contribution < 1.29 is 4.74 Å². The smallest absolute Gasteiger partial charge is 0.0716 e. The van der Waals surface area contributed by atoms with Crippen LogP contribution in [0.15, 0.2) is 24.3 Å². The molecule has 1 aromatic rings. The minimum absolute atomic E-state index is 0.744. The first kappa shape index (κ1) is 12.6. The third-order valence-electron chi connectivity index (χ3n) is 3.06. The standard InChI is InChI=1S/C15H23NO/c1-2-11-17-12-14-5-3-13(4-6-14)9-10-16-15-7-8-15/h3-6,15-16H,2,7-12H2,1H3. The first-order valence-electron chi connectivity index (χ1n) is 6.77. The predicted octanol–water partition coefficient (Wildman–Crippen LogP) is 2.91. The molecule has 0 unspecified atom stereocenters. The molecule has 2 heteroatoms. The van der Waals surface area contributed by atoms with E-state index in [0.717, 1.165) is 38.6 Å². The molecule has 2 nitrogen and oxygen atoms in total. The van der Waals surface area contributed by atoms with Crippen molar-refractivity contribution in [1.82, 2.24) is 5.32 Å². The summed E-state index contributed by atoms with van der Waals surface area (Å²) in [7, 11) is 0. The predicted molar refractivity (Wildman–Crippen MR) is 71.1 cm³/mol. The number of hydrogen-bond acceptors (Lipinski definition) is 2. The van der Waals surface area contributed by atoms with Gasteiger partial charge in [-0.05, 0) is 43.4 Å². The summed E-state index contributed by atoms with van der Waals surface area (Å²) < 4.78 is 5.52. The van der Waals surface area contributed by atoms with E-state index >= 15 is 0 Å². The van der Waals surface area contributed by atoms with Gasteiger partial charge in [0.15, 0.2) is 0 Å². The van der Waals surface area contributed by atoms with Gasteiger partial charge in [-0.3, -0.25) is 0 Å². The Balaban J connectivity index is 1.68. The zero-order chi connectivity index (χ0) is 11.9. The van der Waals surface area contributed by atoms with Crippen LogP contribution < -0.4 is 5.32 Å². The Morgan fingerprint density at radius 3 is 2.53 bits per heavy atom. The van der Waals surface area contributed by atoms with Crippen LogP contribution in [0.1, 0.15) is 37.3 Å². The van der Waals surface area contributed by atoms with Crippen molar-refractivity contribution in [3.63, 3.8) is 0 Å². The normalized spacial score (nSPS) is 15.1. The zero-order valence-corrected chi connectivity index (χ0v) is 10.7. The zero-order valence-electron chi connectivity index (χ0n) is 10.7. The molecule has 1 aliphatic rings. The van der Waals surface area contributed by atoms with Crippen molar-refractivity contribution in [3.8, 4) is 0 Å². The molecular formula is C15H23NO. The molecule has 0 bridgehead atoms. The molecule has 94 valence electrons. The van der Waals surface area contributed by atoms with E-state index in [1.807, 2.05) is 0 Å². The maximum atomic E-state index is 5.52. The number of nitrogens with one attached hydrogen (secondary N) is 1. The molecule has 1 aliphatic carbocycles. The monoisotopic (exact) mass is 233 g/mol. The minimum atomic E-state index is 0.744. The molecule has 1 saturated carbocycles. The molecule has 0 amide bonds. The molecule has 2 rings (SSSR count). The van der Waals surface area contributed by atoms with Gasteiger partial charge in [-0.25, -0.2) is 0 Å². The van der Waals surface area contributed by atoms with Crippen LogP contribution >= 0.6 is 0 Å². The second-order valence-electron chi connectivity index (χ2n) is 4.85. The van der Waals surface area contributed by atoms with Crippen molar-refractivity contribution in [1.29, 1.82) is 0 Å². The number of hydrogen-bond donors (Lipinski definition) is 1. The second kappa shape index (κ2) is 6.77. The molecular weight excluding hydrogens is 210 g/mol. The van der Waals surface area contributed by atoms with E-state index in [-0.39, 0.29) is 0 Å². The van der Waals surface area contributed by atoms with Gasteiger partial charge in [-0.2, -0.15) is 0 Å². The topological polar surface area (TPSA) is 21.3 Å². The lowest BCUT2D eigenvalue weighted by molar-refractivity contribution is 0.121. The molecule has 1 aromatic carbocycles. The van der Waals surface area contributed by atoms with Gasteiger partial charge in [-0.15, -0.1) is 0 Å². The van der Waals surface area contributed by atoms with E-state index in [4.69, 9.17) is 4.74 Å². The molecule has 17 heavy (non-hydrogen) atoms. The number of rotatable bonds is 8. The first-order chi connectivity index (χ1) is 8.38. The quantitative estimate of drug-likeness (QED) is 0.697. The lowest BCUT2D eigenvalue weighted by atomic mass is 10.1. The van der Waals surface area contributed by atoms with Crippen LogP contribution in [-0.2, 0) is 17.8 Å². The highest BCUT2D eigenvalue weighted by Crippen LogP contribution is 2.18. The van der Waals surface area contributed by atoms with Crippen molar-refractivity contribution in [2.75, 3.05) is 13.2 Å². The van der Waals surface area contributed by atoms with E-state index in [1.165, 1.54) is 24.0 Å². The Morgan fingerprint density at radius 2 is 1.88 bits per heavy atom. The van der Waals surface area contributed by atoms with Crippen LogP contribution in [0.4, 0.5) is 0 Å². The van der Waals surface area contributed by atoms with E-state index in [1.54, 1.807) is 0 Å². The second-order valence-corrected chi connectivity index (χ2v) is 4.85. The maximum Gasteiger partial charge on any atom is 0.0716 e. The molecule has 0 spiro atoms. The average Bonchev–Trinajstić information content (AvgIpc) is 3.16. The van der Waals surface area contributed by atoms with Crippen molar-refractivity contribution in [2.45, 2.75) is 45.3 Å². The molecule has 0 radical (unpaired) electrons.